The van der Waals surface area contributed by atoms with E-state index in [2.05, 4.69) is 21.1 Å². The van der Waals surface area contributed by atoms with Gasteiger partial charge in [-0.3, -0.25) is 0 Å². The first-order valence-corrected chi connectivity index (χ1v) is 7.14. The standard InChI is InChI=1S/C9H20N.CH4O3S/c1-10(2,3)9-7-5-4-6-8-9;1-5(2,3)4/h9H,4-8H2,1-3H3;1H3,(H,2,3,4)/q+1;/p-1. The first-order chi connectivity index (χ1) is 6.61. The molecule has 0 heterocycles. The number of rotatable bonds is 1. The van der Waals surface area contributed by atoms with Crippen LogP contribution in [-0.4, -0.2) is 50.9 Å². The van der Waals surface area contributed by atoms with E-state index in [-0.39, 0.29) is 0 Å². The Morgan fingerprint density at radius 2 is 1.40 bits per heavy atom. The highest BCUT2D eigenvalue weighted by molar-refractivity contribution is 7.84. The summed E-state index contributed by atoms with van der Waals surface area (Å²) in [7, 11) is 3.03. The number of hydrogen-bond donors (Lipinski definition) is 0. The summed E-state index contributed by atoms with van der Waals surface area (Å²) in [5.74, 6) is 0. The maximum absolute atomic E-state index is 9.08. The van der Waals surface area contributed by atoms with Crippen LogP contribution in [0.2, 0.25) is 0 Å². The molecule has 0 atom stereocenters. The van der Waals surface area contributed by atoms with E-state index in [4.69, 9.17) is 13.0 Å². The van der Waals surface area contributed by atoms with Crippen molar-refractivity contribution in [1.82, 2.24) is 0 Å². The normalized spacial score (nSPS) is 19.3. The van der Waals surface area contributed by atoms with Gasteiger partial charge in [0.25, 0.3) is 0 Å². The second kappa shape index (κ2) is 5.82. The minimum absolute atomic E-state index is 0.604. The number of nitrogens with zero attached hydrogens (tertiary/aromatic N) is 1. The van der Waals surface area contributed by atoms with E-state index in [1.54, 1.807) is 0 Å². The van der Waals surface area contributed by atoms with Gasteiger partial charge in [-0.05, 0) is 25.7 Å². The monoisotopic (exact) mass is 237 g/mol. The van der Waals surface area contributed by atoms with Crippen molar-refractivity contribution in [2.24, 2.45) is 0 Å². The molecule has 1 fully saturated rings. The average molecular weight is 237 g/mol. The van der Waals surface area contributed by atoms with Gasteiger partial charge in [0.05, 0.1) is 37.3 Å². The fourth-order valence-electron chi connectivity index (χ4n) is 1.86. The molecule has 1 rings (SSSR count). The van der Waals surface area contributed by atoms with Gasteiger partial charge in [0.2, 0.25) is 0 Å². The molecule has 0 aromatic carbocycles. The van der Waals surface area contributed by atoms with Gasteiger partial charge < -0.3 is 9.04 Å². The molecule has 0 unspecified atom stereocenters. The molecule has 0 aliphatic heterocycles. The summed E-state index contributed by atoms with van der Waals surface area (Å²) in [5, 5.41) is 0. The molecule has 0 spiro atoms. The Labute approximate surface area is 93.6 Å². The molecular formula is C10H23NO3S. The predicted octanol–water partition coefficient (Wildman–Crippen LogP) is 1.19. The first-order valence-electron chi connectivity index (χ1n) is 5.32. The summed E-state index contributed by atoms with van der Waals surface area (Å²) in [6.07, 6.45) is 7.89. The molecule has 1 saturated carbocycles. The summed E-state index contributed by atoms with van der Waals surface area (Å²) in [4.78, 5) is 0. The smallest absolute Gasteiger partial charge is 0.0916 e. The molecule has 0 aromatic heterocycles. The minimum Gasteiger partial charge on any atom is -0.748 e. The second-order valence-corrected chi connectivity index (χ2v) is 6.52. The largest absolute Gasteiger partial charge is 0.748 e. The second-order valence-electron chi connectivity index (χ2n) is 5.11. The lowest BCUT2D eigenvalue weighted by atomic mass is 9.94. The van der Waals surface area contributed by atoms with Crippen LogP contribution in [0.3, 0.4) is 0 Å². The zero-order chi connectivity index (χ0) is 12.1. The van der Waals surface area contributed by atoms with E-state index in [1.165, 1.54) is 36.6 Å². The van der Waals surface area contributed by atoms with Crippen LogP contribution in [0.1, 0.15) is 32.1 Å². The lowest BCUT2D eigenvalue weighted by Crippen LogP contribution is -2.45. The zero-order valence-corrected chi connectivity index (χ0v) is 11.0. The van der Waals surface area contributed by atoms with Gasteiger partial charge in [0.1, 0.15) is 0 Å². The van der Waals surface area contributed by atoms with Crippen molar-refractivity contribution in [2.75, 3.05) is 27.4 Å². The van der Waals surface area contributed by atoms with Crippen molar-refractivity contribution < 1.29 is 17.5 Å². The van der Waals surface area contributed by atoms with Crippen molar-refractivity contribution in [3.05, 3.63) is 0 Å². The van der Waals surface area contributed by atoms with E-state index >= 15 is 0 Å². The molecule has 0 radical (unpaired) electrons. The molecular weight excluding hydrogens is 214 g/mol. The van der Waals surface area contributed by atoms with Gasteiger partial charge in [-0.2, -0.15) is 0 Å². The maximum Gasteiger partial charge on any atom is 0.0916 e. The fourth-order valence-corrected chi connectivity index (χ4v) is 1.86. The van der Waals surface area contributed by atoms with Crippen molar-refractivity contribution >= 4 is 10.1 Å². The van der Waals surface area contributed by atoms with E-state index < -0.39 is 10.1 Å². The summed E-state index contributed by atoms with van der Waals surface area (Å²) in [6.45, 7) is 0. The summed E-state index contributed by atoms with van der Waals surface area (Å²) in [5.41, 5.74) is 0. The highest BCUT2D eigenvalue weighted by Crippen LogP contribution is 2.23. The SMILES string of the molecule is CS(=O)(=O)[O-].C[N+](C)(C)C1CCCCC1. The molecule has 4 nitrogen and oxygen atoms in total. The highest BCUT2D eigenvalue weighted by atomic mass is 32.2. The lowest BCUT2D eigenvalue weighted by molar-refractivity contribution is -0.897. The van der Waals surface area contributed by atoms with E-state index in [0.717, 1.165) is 6.04 Å². The molecule has 0 saturated heterocycles. The maximum atomic E-state index is 9.08. The minimum atomic E-state index is -3.92. The van der Waals surface area contributed by atoms with Gasteiger partial charge in [-0.1, -0.05) is 6.42 Å². The Kier molecular flexibility index (Phi) is 5.77. The Morgan fingerprint density at radius 1 is 1.07 bits per heavy atom. The van der Waals surface area contributed by atoms with Gasteiger partial charge in [0.15, 0.2) is 0 Å². The molecule has 5 heteroatoms. The van der Waals surface area contributed by atoms with E-state index in [0.29, 0.717) is 6.26 Å². The first kappa shape index (κ1) is 14.9. The molecule has 92 valence electrons. The van der Waals surface area contributed by atoms with E-state index in [1.807, 2.05) is 0 Å². The molecule has 0 amide bonds. The van der Waals surface area contributed by atoms with Crippen LogP contribution in [0.25, 0.3) is 0 Å². The van der Waals surface area contributed by atoms with Crippen LogP contribution in [0.5, 0.6) is 0 Å². The van der Waals surface area contributed by atoms with Crippen molar-refractivity contribution in [3.63, 3.8) is 0 Å². The van der Waals surface area contributed by atoms with Crippen LogP contribution in [0.15, 0.2) is 0 Å². The highest BCUT2D eigenvalue weighted by Gasteiger charge is 2.24. The summed E-state index contributed by atoms with van der Waals surface area (Å²) >= 11 is 0. The Bertz CT molecular complexity index is 253. The topological polar surface area (TPSA) is 57.2 Å². The van der Waals surface area contributed by atoms with Crippen LogP contribution in [-0.2, 0) is 10.1 Å². The quantitative estimate of drug-likeness (QED) is 0.508. The Balaban J connectivity index is 0.000000336. The summed E-state index contributed by atoms with van der Waals surface area (Å²) in [6, 6.07) is 0.939. The van der Waals surface area contributed by atoms with Gasteiger partial charge in [0, 0.05) is 6.26 Å². The fraction of sp³-hybridized carbons (Fsp3) is 1.00. The van der Waals surface area contributed by atoms with Crippen LogP contribution >= 0.6 is 0 Å². The molecule has 1 aliphatic rings. The van der Waals surface area contributed by atoms with Crippen molar-refractivity contribution in [2.45, 2.75) is 38.1 Å². The molecule has 0 N–H and O–H groups in total. The van der Waals surface area contributed by atoms with Gasteiger partial charge in [-0.25, -0.2) is 8.42 Å². The van der Waals surface area contributed by atoms with Crippen LogP contribution in [0.4, 0.5) is 0 Å². The average Bonchev–Trinajstić information content (AvgIpc) is 2.01. The molecule has 1 aliphatic carbocycles. The lowest BCUT2D eigenvalue weighted by Gasteiger charge is -2.36. The van der Waals surface area contributed by atoms with Crippen LogP contribution < -0.4 is 0 Å². The third kappa shape index (κ3) is 10.2. The Morgan fingerprint density at radius 3 is 1.60 bits per heavy atom. The Hall–Kier alpha value is -0.130. The number of quaternary nitrogens is 1. The third-order valence-corrected chi connectivity index (χ3v) is 2.67. The van der Waals surface area contributed by atoms with Gasteiger partial charge >= 0.3 is 0 Å². The molecule has 0 aromatic rings. The van der Waals surface area contributed by atoms with Crippen molar-refractivity contribution in [1.29, 1.82) is 0 Å². The van der Waals surface area contributed by atoms with E-state index in [9.17, 15) is 0 Å². The zero-order valence-electron chi connectivity index (χ0n) is 10.2. The number of hydrogen-bond acceptors (Lipinski definition) is 3. The van der Waals surface area contributed by atoms with Crippen LogP contribution in [0, 0.1) is 0 Å². The third-order valence-electron chi connectivity index (χ3n) is 2.67. The predicted molar refractivity (Wildman–Crippen MR) is 60.5 cm³/mol. The van der Waals surface area contributed by atoms with Gasteiger partial charge in [-0.15, -0.1) is 0 Å². The summed E-state index contributed by atoms with van der Waals surface area (Å²) < 4.78 is 28.4. The molecule has 0 bridgehead atoms. The van der Waals surface area contributed by atoms with Crippen molar-refractivity contribution in [3.8, 4) is 0 Å². The molecule has 15 heavy (non-hydrogen) atoms.